The van der Waals surface area contributed by atoms with E-state index >= 15 is 0 Å². The number of amides is 1. The molecule has 0 saturated heterocycles. The molecule has 1 aromatic heterocycles. The minimum atomic E-state index is -0.542. The lowest BCUT2D eigenvalue weighted by Gasteiger charge is -2.08. The summed E-state index contributed by atoms with van der Waals surface area (Å²) in [5.74, 6) is 0.418. The van der Waals surface area contributed by atoms with Crippen LogP contribution in [0.2, 0.25) is 0 Å². The first-order chi connectivity index (χ1) is 9.15. The number of hydrogen-bond acceptors (Lipinski definition) is 3. The molecule has 4 nitrogen and oxygen atoms in total. The number of carbonyl (C=O) groups is 1. The van der Waals surface area contributed by atoms with Crippen LogP contribution in [0.3, 0.4) is 0 Å². The molecular formula is C13H10Br2N2O2. The number of hydrogen-bond donors (Lipinski definition) is 1. The standard InChI is InChI=1S/C13H10Br2N2O2/c14-10-6-11(15)12(16-7-10)17-13(18)19-8-9-4-2-1-3-5-9/h1-7H,8H2,(H,16,17,18). The normalized spacial score (nSPS) is 10.0. The highest BCUT2D eigenvalue weighted by Gasteiger charge is 2.08. The molecule has 0 saturated carbocycles. The Labute approximate surface area is 127 Å². The van der Waals surface area contributed by atoms with E-state index in [0.29, 0.717) is 10.3 Å². The summed E-state index contributed by atoms with van der Waals surface area (Å²) in [6.45, 7) is 0.223. The summed E-state index contributed by atoms with van der Waals surface area (Å²) in [5.41, 5.74) is 0.931. The van der Waals surface area contributed by atoms with E-state index < -0.39 is 6.09 Å². The number of nitrogens with zero attached hydrogens (tertiary/aromatic N) is 1. The molecule has 0 spiro atoms. The van der Waals surface area contributed by atoms with Crippen molar-refractivity contribution in [1.29, 1.82) is 0 Å². The zero-order valence-corrected chi connectivity index (χ0v) is 12.9. The first-order valence-corrected chi connectivity index (χ1v) is 7.02. The summed E-state index contributed by atoms with van der Waals surface area (Å²) in [6.07, 6.45) is 1.05. The number of benzene rings is 1. The van der Waals surface area contributed by atoms with Gasteiger partial charge in [-0.2, -0.15) is 0 Å². The second kappa shape index (κ2) is 6.68. The van der Waals surface area contributed by atoms with Crippen molar-refractivity contribution in [2.75, 3.05) is 5.32 Å². The van der Waals surface area contributed by atoms with Crippen molar-refractivity contribution < 1.29 is 9.53 Å². The third-order valence-corrected chi connectivity index (χ3v) is 3.28. The average molecular weight is 386 g/mol. The van der Waals surface area contributed by atoms with Crippen molar-refractivity contribution in [2.45, 2.75) is 6.61 Å². The lowest BCUT2D eigenvalue weighted by molar-refractivity contribution is 0.155. The van der Waals surface area contributed by atoms with Gasteiger partial charge in [0.05, 0.1) is 4.47 Å². The zero-order valence-electron chi connectivity index (χ0n) is 9.77. The van der Waals surface area contributed by atoms with Crippen LogP contribution < -0.4 is 5.32 Å². The number of carbonyl (C=O) groups excluding carboxylic acids is 1. The van der Waals surface area contributed by atoms with Gasteiger partial charge in [0.2, 0.25) is 0 Å². The summed E-state index contributed by atoms with van der Waals surface area (Å²) in [7, 11) is 0. The molecule has 2 aromatic rings. The molecule has 6 heteroatoms. The molecule has 0 unspecified atom stereocenters. The largest absolute Gasteiger partial charge is 0.444 e. The van der Waals surface area contributed by atoms with Crippen LogP contribution in [0.4, 0.5) is 10.6 Å². The van der Waals surface area contributed by atoms with Gasteiger partial charge < -0.3 is 4.74 Å². The summed E-state index contributed by atoms with van der Waals surface area (Å²) in [6, 6.07) is 11.3. The van der Waals surface area contributed by atoms with E-state index in [0.717, 1.165) is 10.0 Å². The van der Waals surface area contributed by atoms with Crippen LogP contribution in [0.5, 0.6) is 0 Å². The molecular weight excluding hydrogens is 376 g/mol. The fraction of sp³-hybridized carbons (Fsp3) is 0.0769. The van der Waals surface area contributed by atoms with Crippen LogP contribution >= 0.6 is 31.9 Å². The molecule has 0 atom stereocenters. The van der Waals surface area contributed by atoms with Gasteiger partial charge in [-0.05, 0) is 43.5 Å². The number of aromatic nitrogens is 1. The predicted octanol–water partition coefficient (Wildman–Crippen LogP) is 4.36. The van der Waals surface area contributed by atoms with Crippen molar-refractivity contribution in [3.05, 3.63) is 57.1 Å². The highest BCUT2D eigenvalue weighted by molar-refractivity contribution is 9.11. The van der Waals surface area contributed by atoms with Crippen molar-refractivity contribution in [2.24, 2.45) is 0 Å². The molecule has 0 fully saturated rings. The Morgan fingerprint density at radius 2 is 2.00 bits per heavy atom. The van der Waals surface area contributed by atoms with Gasteiger partial charge in [0.15, 0.2) is 0 Å². The van der Waals surface area contributed by atoms with Gasteiger partial charge in [-0.15, -0.1) is 0 Å². The topological polar surface area (TPSA) is 51.2 Å². The monoisotopic (exact) mass is 384 g/mol. The zero-order chi connectivity index (χ0) is 13.7. The maximum atomic E-state index is 11.6. The van der Waals surface area contributed by atoms with Gasteiger partial charge >= 0.3 is 6.09 Å². The molecule has 1 heterocycles. The second-order valence-corrected chi connectivity index (χ2v) is 5.44. The van der Waals surface area contributed by atoms with Gasteiger partial charge in [0.1, 0.15) is 12.4 Å². The van der Waals surface area contributed by atoms with Crippen LogP contribution in [0.15, 0.2) is 51.5 Å². The number of anilines is 1. The Bertz CT molecular complexity index is 576. The molecule has 0 aliphatic rings. The molecule has 1 aromatic carbocycles. The van der Waals surface area contributed by atoms with Crippen LogP contribution in [0.25, 0.3) is 0 Å². The molecule has 1 N–H and O–H groups in total. The summed E-state index contributed by atoms with van der Waals surface area (Å²) in [5, 5.41) is 2.57. The Morgan fingerprint density at radius 1 is 1.26 bits per heavy atom. The van der Waals surface area contributed by atoms with Crippen molar-refractivity contribution >= 4 is 43.8 Å². The highest BCUT2D eigenvalue weighted by Crippen LogP contribution is 2.23. The van der Waals surface area contributed by atoms with E-state index in [9.17, 15) is 4.79 Å². The SMILES string of the molecule is O=C(Nc1ncc(Br)cc1Br)OCc1ccccc1. The fourth-order valence-electron chi connectivity index (χ4n) is 1.36. The van der Waals surface area contributed by atoms with Crippen LogP contribution in [0.1, 0.15) is 5.56 Å². The first kappa shape index (κ1) is 14.0. The third-order valence-electron chi connectivity index (χ3n) is 2.24. The Hall–Kier alpha value is -1.40. The maximum Gasteiger partial charge on any atom is 0.413 e. The molecule has 1 amide bonds. The highest BCUT2D eigenvalue weighted by atomic mass is 79.9. The minimum absolute atomic E-state index is 0.223. The molecule has 0 bridgehead atoms. The first-order valence-electron chi connectivity index (χ1n) is 5.44. The molecule has 19 heavy (non-hydrogen) atoms. The quantitative estimate of drug-likeness (QED) is 0.854. The maximum absolute atomic E-state index is 11.6. The van der Waals surface area contributed by atoms with Crippen LogP contribution in [-0.2, 0) is 11.3 Å². The number of rotatable bonds is 3. The molecule has 98 valence electrons. The van der Waals surface area contributed by atoms with Crippen LogP contribution in [0, 0.1) is 0 Å². The second-order valence-electron chi connectivity index (χ2n) is 3.67. The van der Waals surface area contributed by atoms with Gasteiger partial charge in [-0.25, -0.2) is 9.78 Å². The van der Waals surface area contributed by atoms with E-state index in [2.05, 4.69) is 42.2 Å². The summed E-state index contributed by atoms with van der Waals surface area (Å²) >= 11 is 6.60. The Balaban J connectivity index is 1.91. The fourth-order valence-corrected chi connectivity index (χ4v) is 2.45. The van der Waals surface area contributed by atoms with Gasteiger partial charge in [0.25, 0.3) is 0 Å². The van der Waals surface area contributed by atoms with E-state index in [1.807, 2.05) is 30.3 Å². The van der Waals surface area contributed by atoms with E-state index in [-0.39, 0.29) is 6.61 Å². The Kier molecular flexibility index (Phi) is 4.93. The molecule has 0 radical (unpaired) electrons. The molecule has 2 rings (SSSR count). The number of nitrogens with one attached hydrogen (secondary N) is 1. The third kappa shape index (κ3) is 4.33. The van der Waals surface area contributed by atoms with E-state index in [1.165, 1.54) is 0 Å². The van der Waals surface area contributed by atoms with Gasteiger partial charge in [-0.3, -0.25) is 5.32 Å². The lowest BCUT2D eigenvalue weighted by atomic mass is 10.2. The average Bonchev–Trinajstić information content (AvgIpc) is 2.41. The van der Waals surface area contributed by atoms with E-state index in [4.69, 9.17) is 4.74 Å². The lowest BCUT2D eigenvalue weighted by Crippen LogP contribution is -2.14. The van der Waals surface area contributed by atoms with Crippen molar-refractivity contribution in [3.63, 3.8) is 0 Å². The number of halogens is 2. The van der Waals surface area contributed by atoms with Crippen LogP contribution in [-0.4, -0.2) is 11.1 Å². The predicted molar refractivity (Wildman–Crippen MR) is 79.9 cm³/mol. The molecule has 0 aliphatic heterocycles. The smallest absolute Gasteiger partial charge is 0.413 e. The summed E-state index contributed by atoms with van der Waals surface area (Å²) in [4.78, 5) is 15.7. The number of pyridine rings is 1. The Morgan fingerprint density at radius 3 is 2.68 bits per heavy atom. The summed E-state index contributed by atoms with van der Waals surface area (Å²) < 4.78 is 6.60. The van der Waals surface area contributed by atoms with Gasteiger partial charge in [0, 0.05) is 10.7 Å². The van der Waals surface area contributed by atoms with Crippen molar-refractivity contribution in [3.8, 4) is 0 Å². The molecule has 0 aliphatic carbocycles. The van der Waals surface area contributed by atoms with Gasteiger partial charge in [-0.1, -0.05) is 30.3 Å². The van der Waals surface area contributed by atoms with Crippen molar-refractivity contribution in [1.82, 2.24) is 4.98 Å². The minimum Gasteiger partial charge on any atom is -0.444 e. The van der Waals surface area contributed by atoms with E-state index in [1.54, 1.807) is 12.3 Å². The number of ether oxygens (including phenoxy) is 1.